The highest BCUT2D eigenvalue weighted by Gasteiger charge is 2.09. The first kappa shape index (κ1) is 16.2. The number of rotatable bonds is 6. The molecule has 0 unspecified atom stereocenters. The van der Waals surface area contributed by atoms with E-state index >= 15 is 0 Å². The number of benzene rings is 1. The van der Waals surface area contributed by atoms with Crippen LogP contribution in [0.15, 0.2) is 29.6 Å². The molecular formula is C16H18N2O3S. The number of thiazole rings is 1. The highest BCUT2D eigenvalue weighted by atomic mass is 32.1. The molecule has 0 aliphatic carbocycles. The van der Waals surface area contributed by atoms with Gasteiger partial charge in [0, 0.05) is 17.5 Å². The van der Waals surface area contributed by atoms with Crippen molar-refractivity contribution in [2.75, 3.05) is 5.32 Å². The fourth-order valence-corrected chi connectivity index (χ4v) is 2.51. The quantitative estimate of drug-likeness (QED) is 0.831. The molecule has 116 valence electrons. The summed E-state index contributed by atoms with van der Waals surface area (Å²) in [6.45, 7) is 3.89. The third-order valence-electron chi connectivity index (χ3n) is 2.92. The van der Waals surface area contributed by atoms with Crippen molar-refractivity contribution in [2.24, 2.45) is 0 Å². The van der Waals surface area contributed by atoms with Gasteiger partial charge in [-0.25, -0.2) is 4.98 Å². The van der Waals surface area contributed by atoms with Crippen LogP contribution >= 0.6 is 11.3 Å². The lowest BCUT2D eigenvalue weighted by atomic mass is 10.2. The molecule has 2 rings (SSSR count). The van der Waals surface area contributed by atoms with E-state index in [0.29, 0.717) is 17.1 Å². The highest BCUT2D eigenvalue weighted by molar-refractivity contribution is 7.09. The van der Waals surface area contributed by atoms with Crippen LogP contribution < -0.4 is 5.32 Å². The van der Waals surface area contributed by atoms with Crippen LogP contribution in [0.2, 0.25) is 0 Å². The number of nitrogens with one attached hydrogen (secondary N) is 1. The number of aromatic nitrogens is 1. The van der Waals surface area contributed by atoms with Crippen molar-refractivity contribution in [3.63, 3.8) is 0 Å². The maximum Gasteiger partial charge on any atom is 0.305 e. The molecule has 0 aliphatic heterocycles. The van der Waals surface area contributed by atoms with Gasteiger partial charge in [-0.15, -0.1) is 11.3 Å². The number of hydrogen-bond donors (Lipinski definition) is 1. The summed E-state index contributed by atoms with van der Waals surface area (Å²) < 4.78 is 5.01. The third kappa shape index (κ3) is 4.96. The van der Waals surface area contributed by atoms with E-state index < -0.39 is 0 Å². The second kappa shape index (κ2) is 7.70. The van der Waals surface area contributed by atoms with Crippen molar-refractivity contribution in [2.45, 2.75) is 33.3 Å². The molecule has 1 aromatic carbocycles. The number of ether oxygens (including phenoxy) is 1. The molecule has 0 fully saturated rings. The van der Waals surface area contributed by atoms with Gasteiger partial charge in [-0.05, 0) is 19.1 Å². The molecule has 0 aliphatic rings. The fraction of sp³-hybridized carbons (Fsp3) is 0.312. The molecule has 1 heterocycles. The first-order valence-electron chi connectivity index (χ1n) is 7.02. The van der Waals surface area contributed by atoms with Crippen LogP contribution in [0, 0.1) is 6.92 Å². The van der Waals surface area contributed by atoms with Gasteiger partial charge in [0.2, 0.25) is 5.91 Å². The third-order valence-corrected chi connectivity index (χ3v) is 3.81. The van der Waals surface area contributed by atoms with Gasteiger partial charge in [0.15, 0.2) is 0 Å². The van der Waals surface area contributed by atoms with Gasteiger partial charge in [0.05, 0.1) is 12.1 Å². The number of amides is 1. The van der Waals surface area contributed by atoms with Crippen LogP contribution in [0.4, 0.5) is 5.69 Å². The number of anilines is 1. The van der Waals surface area contributed by atoms with E-state index in [9.17, 15) is 9.59 Å². The largest absolute Gasteiger partial charge is 0.459 e. The summed E-state index contributed by atoms with van der Waals surface area (Å²) in [5, 5.41) is 5.33. The molecule has 0 radical (unpaired) electrons. The summed E-state index contributed by atoms with van der Waals surface area (Å²) in [6, 6.07) is 7.62. The van der Waals surface area contributed by atoms with Crippen molar-refractivity contribution in [3.05, 3.63) is 45.9 Å². The summed E-state index contributed by atoms with van der Waals surface area (Å²) >= 11 is 1.39. The first-order chi connectivity index (χ1) is 10.6. The van der Waals surface area contributed by atoms with Gasteiger partial charge in [-0.1, -0.05) is 24.6 Å². The number of aryl methyl sites for hydroxylation is 1. The van der Waals surface area contributed by atoms with Crippen LogP contribution in [-0.4, -0.2) is 16.9 Å². The number of nitrogens with zero attached hydrogens (tertiary/aromatic N) is 1. The van der Waals surface area contributed by atoms with Crippen LogP contribution in [0.5, 0.6) is 0 Å². The highest BCUT2D eigenvalue weighted by Crippen LogP contribution is 2.14. The molecule has 2 aromatic rings. The summed E-state index contributed by atoms with van der Waals surface area (Å²) in [4.78, 5) is 27.3. The Morgan fingerprint density at radius 3 is 2.68 bits per heavy atom. The second-order valence-corrected chi connectivity index (χ2v) is 5.78. The normalized spacial score (nSPS) is 10.3. The van der Waals surface area contributed by atoms with E-state index in [-0.39, 0.29) is 24.9 Å². The predicted molar refractivity (Wildman–Crippen MR) is 85.7 cm³/mol. The zero-order valence-electron chi connectivity index (χ0n) is 12.6. The Hall–Kier alpha value is -2.21. The summed E-state index contributed by atoms with van der Waals surface area (Å²) in [5.74, 6) is -0.373. The van der Waals surface area contributed by atoms with Gasteiger partial charge in [0.1, 0.15) is 11.6 Å². The van der Waals surface area contributed by atoms with Crippen LogP contribution in [0.1, 0.15) is 29.6 Å². The van der Waals surface area contributed by atoms with Gasteiger partial charge in [-0.2, -0.15) is 0 Å². The van der Waals surface area contributed by atoms with Crippen molar-refractivity contribution in [1.29, 1.82) is 0 Å². The van der Waals surface area contributed by atoms with Crippen molar-refractivity contribution < 1.29 is 14.3 Å². The Labute approximate surface area is 133 Å². The van der Waals surface area contributed by atoms with E-state index in [4.69, 9.17) is 4.74 Å². The number of hydrogen-bond acceptors (Lipinski definition) is 5. The standard InChI is InChI=1S/C16H18N2O3S/c1-3-16(20)21-9-13-10-22-15(18-13)8-14(19)17-12-6-4-11(2)5-7-12/h4-7,10H,3,8-9H2,1-2H3,(H,17,19). The van der Waals surface area contributed by atoms with E-state index in [1.807, 2.05) is 31.2 Å². The minimum Gasteiger partial charge on any atom is -0.459 e. The molecule has 1 aromatic heterocycles. The molecule has 1 N–H and O–H groups in total. The number of carbonyl (C=O) groups excluding carboxylic acids is 2. The monoisotopic (exact) mass is 318 g/mol. The maximum absolute atomic E-state index is 12.0. The molecule has 0 bridgehead atoms. The average Bonchev–Trinajstić information content (AvgIpc) is 2.94. The molecular weight excluding hydrogens is 300 g/mol. The molecule has 0 saturated heterocycles. The van der Waals surface area contributed by atoms with Gasteiger partial charge >= 0.3 is 5.97 Å². The summed E-state index contributed by atoms with van der Waals surface area (Å²) in [5.41, 5.74) is 2.58. The molecule has 0 atom stereocenters. The number of carbonyl (C=O) groups is 2. The average molecular weight is 318 g/mol. The molecule has 1 amide bonds. The van der Waals surface area contributed by atoms with E-state index in [0.717, 1.165) is 11.3 Å². The molecule has 22 heavy (non-hydrogen) atoms. The Morgan fingerprint density at radius 2 is 2.00 bits per heavy atom. The first-order valence-corrected chi connectivity index (χ1v) is 7.90. The second-order valence-electron chi connectivity index (χ2n) is 4.84. The Balaban J connectivity index is 1.85. The molecule has 0 spiro atoms. The molecule has 6 heteroatoms. The smallest absolute Gasteiger partial charge is 0.305 e. The molecule has 5 nitrogen and oxygen atoms in total. The van der Waals surface area contributed by atoms with Crippen molar-refractivity contribution in [1.82, 2.24) is 4.98 Å². The Kier molecular flexibility index (Phi) is 5.66. The minimum absolute atomic E-state index is 0.115. The fourth-order valence-electron chi connectivity index (χ4n) is 1.73. The topological polar surface area (TPSA) is 68.3 Å². The van der Waals surface area contributed by atoms with Gasteiger partial charge in [-0.3, -0.25) is 9.59 Å². The molecule has 0 saturated carbocycles. The van der Waals surface area contributed by atoms with Gasteiger partial charge in [0.25, 0.3) is 0 Å². The summed E-state index contributed by atoms with van der Waals surface area (Å²) in [7, 11) is 0. The van der Waals surface area contributed by atoms with E-state index in [1.165, 1.54) is 11.3 Å². The predicted octanol–water partition coefficient (Wildman–Crippen LogP) is 3.09. The summed E-state index contributed by atoms with van der Waals surface area (Å²) in [6.07, 6.45) is 0.552. The maximum atomic E-state index is 12.0. The zero-order valence-corrected chi connectivity index (χ0v) is 13.4. The van der Waals surface area contributed by atoms with Crippen LogP contribution in [0.3, 0.4) is 0 Å². The van der Waals surface area contributed by atoms with Crippen molar-refractivity contribution >= 4 is 28.9 Å². The lowest BCUT2D eigenvalue weighted by Gasteiger charge is -2.04. The lowest BCUT2D eigenvalue weighted by molar-refractivity contribution is -0.144. The van der Waals surface area contributed by atoms with Crippen LogP contribution in [-0.2, 0) is 27.4 Å². The minimum atomic E-state index is -0.258. The van der Waals surface area contributed by atoms with E-state index in [2.05, 4.69) is 10.3 Å². The Bertz CT molecular complexity index is 650. The van der Waals surface area contributed by atoms with Crippen molar-refractivity contribution in [3.8, 4) is 0 Å². The van der Waals surface area contributed by atoms with E-state index in [1.54, 1.807) is 12.3 Å². The SMILES string of the molecule is CCC(=O)OCc1csc(CC(=O)Nc2ccc(C)cc2)n1. The number of esters is 1. The lowest BCUT2D eigenvalue weighted by Crippen LogP contribution is -2.14. The Morgan fingerprint density at radius 1 is 1.27 bits per heavy atom. The van der Waals surface area contributed by atoms with Crippen LogP contribution in [0.25, 0.3) is 0 Å². The van der Waals surface area contributed by atoms with Gasteiger partial charge < -0.3 is 10.1 Å². The zero-order chi connectivity index (χ0) is 15.9.